The number of carbonyl (C=O) groups is 3. The normalized spacial score (nSPS) is 17.2. The van der Waals surface area contributed by atoms with E-state index in [4.69, 9.17) is 5.11 Å². The van der Waals surface area contributed by atoms with Gasteiger partial charge in [-0.05, 0) is 71.3 Å². The Hall–Kier alpha value is -4.13. The summed E-state index contributed by atoms with van der Waals surface area (Å²) in [6.07, 6.45) is 0.753. The smallest absolute Gasteiger partial charge is 0.335 e. The number of nitrogens with one attached hydrogen (secondary N) is 2. The maximum atomic E-state index is 13.2. The van der Waals surface area contributed by atoms with E-state index in [-0.39, 0.29) is 23.4 Å². The molecule has 4 rings (SSSR count). The highest BCUT2D eigenvalue weighted by atomic mass is 16.4. The Kier molecular flexibility index (Phi) is 7.38. The van der Waals surface area contributed by atoms with Crippen LogP contribution in [0.4, 0.5) is 16.2 Å². The summed E-state index contributed by atoms with van der Waals surface area (Å²) < 4.78 is 0. The molecule has 7 heteroatoms. The number of anilines is 2. The van der Waals surface area contributed by atoms with Crippen LogP contribution in [0.5, 0.6) is 0 Å². The molecule has 0 spiro atoms. The van der Waals surface area contributed by atoms with E-state index in [9.17, 15) is 14.4 Å². The van der Waals surface area contributed by atoms with Gasteiger partial charge in [0.05, 0.1) is 5.56 Å². The number of rotatable bonds is 6. The second-order valence-electron chi connectivity index (χ2n) is 9.56. The Bertz CT molecular complexity index is 1240. The molecule has 186 valence electrons. The van der Waals surface area contributed by atoms with E-state index in [0.29, 0.717) is 23.8 Å². The molecule has 36 heavy (non-hydrogen) atoms. The lowest BCUT2D eigenvalue weighted by Crippen LogP contribution is -2.47. The zero-order chi connectivity index (χ0) is 25.8. The molecule has 1 fully saturated rings. The van der Waals surface area contributed by atoms with Crippen molar-refractivity contribution in [2.24, 2.45) is 5.92 Å². The van der Waals surface area contributed by atoms with E-state index in [0.717, 1.165) is 17.5 Å². The maximum absolute atomic E-state index is 13.2. The van der Waals surface area contributed by atoms with Crippen molar-refractivity contribution in [3.8, 4) is 11.1 Å². The van der Waals surface area contributed by atoms with Gasteiger partial charge in [0.15, 0.2) is 0 Å². The lowest BCUT2D eigenvalue weighted by atomic mass is 10.0. The van der Waals surface area contributed by atoms with Gasteiger partial charge in [0.2, 0.25) is 5.91 Å². The topological polar surface area (TPSA) is 98.7 Å². The van der Waals surface area contributed by atoms with Crippen molar-refractivity contribution in [2.45, 2.75) is 39.2 Å². The molecule has 0 bridgehead atoms. The first-order valence-corrected chi connectivity index (χ1v) is 12.1. The van der Waals surface area contributed by atoms with Crippen molar-refractivity contribution in [2.75, 3.05) is 17.2 Å². The van der Waals surface area contributed by atoms with Gasteiger partial charge < -0.3 is 20.6 Å². The minimum atomic E-state index is -0.965. The number of carbonyl (C=O) groups excluding carboxylic acids is 2. The standard InChI is InChI=1S/C29H31N3O4/c1-18(2)20-8-12-25(13-9-20)31-29(36)32-17-16-19(3)26(32)27(33)30-24-14-10-22(11-15-24)21-4-6-23(7-5-21)28(34)35/h4-15,18-19,26H,16-17H2,1-3H3,(H,30,33)(H,31,36)(H,34,35)/t19-,26-/m0/s1. The Morgan fingerprint density at radius 3 is 1.92 bits per heavy atom. The monoisotopic (exact) mass is 485 g/mol. The third-order valence-electron chi connectivity index (χ3n) is 6.68. The highest BCUT2D eigenvalue weighted by Crippen LogP contribution is 2.27. The van der Waals surface area contributed by atoms with Crippen LogP contribution in [0.25, 0.3) is 11.1 Å². The van der Waals surface area contributed by atoms with Gasteiger partial charge >= 0.3 is 12.0 Å². The van der Waals surface area contributed by atoms with Crippen LogP contribution in [0.15, 0.2) is 72.8 Å². The number of carboxylic acid groups (broad SMARTS) is 1. The second kappa shape index (κ2) is 10.6. The fourth-order valence-electron chi connectivity index (χ4n) is 4.49. The van der Waals surface area contributed by atoms with Crippen molar-refractivity contribution in [3.05, 3.63) is 83.9 Å². The van der Waals surface area contributed by atoms with E-state index >= 15 is 0 Å². The predicted molar refractivity (Wildman–Crippen MR) is 141 cm³/mol. The average molecular weight is 486 g/mol. The number of carboxylic acids is 1. The molecule has 0 aliphatic carbocycles. The first kappa shape index (κ1) is 25.0. The molecular formula is C29H31N3O4. The Morgan fingerprint density at radius 1 is 0.833 bits per heavy atom. The van der Waals surface area contributed by atoms with Crippen LogP contribution in [0.3, 0.4) is 0 Å². The molecule has 1 saturated heterocycles. The molecule has 3 N–H and O–H groups in total. The number of urea groups is 1. The first-order valence-electron chi connectivity index (χ1n) is 12.1. The molecule has 2 atom stereocenters. The molecular weight excluding hydrogens is 454 g/mol. The fraction of sp³-hybridized carbons (Fsp3) is 0.276. The van der Waals surface area contributed by atoms with E-state index in [2.05, 4.69) is 24.5 Å². The number of amides is 3. The molecule has 0 saturated carbocycles. The molecule has 1 heterocycles. The third-order valence-corrected chi connectivity index (χ3v) is 6.68. The number of hydrogen-bond acceptors (Lipinski definition) is 3. The van der Waals surface area contributed by atoms with Gasteiger partial charge in [0.25, 0.3) is 0 Å². The summed E-state index contributed by atoms with van der Waals surface area (Å²) in [5.41, 5.74) is 4.55. The van der Waals surface area contributed by atoms with Gasteiger partial charge in [-0.3, -0.25) is 4.79 Å². The molecule has 1 aliphatic heterocycles. The summed E-state index contributed by atoms with van der Waals surface area (Å²) in [7, 11) is 0. The number of likely N-dealkylation sites (tertiary alicyclic amines) is 1. The molecule has 0 radical (unpaired) electrons. The lowest BCUT2D eigenvalue weighted by Gasteiger charge is -2.26. The summed E-state index contributed by atoms with van der Waals surface area (Å²) in [6, 6.07) is 20.9. The maximum Gasteiger partial charge on any atom is 0.335 e. The van der Waals surface area contributed by atoms with E-state index in [1.807, 2.05) is 43.3 Å². The summed E-state index contributed by atoms with van der Waals surface area (Å²) >= 11 is 0. The summed E-state index contributed by atoms with van der Waals surface area (Å²) in [5, 5.41) is 14.9. The zero-order valence-corrected chi connectivity index (χ0v) is 20.7. The van der Waals surface area contributed by atoms with Crippen LogP contribution in [0.1, 0.15) is 49.0 Å². The Balaban J connectivity index is 1.41. The van der Waals surface area contributed by atoms with Crippen LogP contribution in [0, 0.1) is 5.92 Å². The summed E-state index contributed by atoms with van der Waals surface area (Å²) in [4.78, 5) is 38.8. The fourth-order valence-corrected chi connectivity index (χ4v) is 4.49. The number of hydrogen-bond donors (Lipinski definition) is 3. The summed E-state index contributed by atoms with van der Waals surface area (Å²) in [6.45, 7) is 6.74. The van der Waals surface area contributed by atoms with Gasteiger partial charge in [-0.25, -0.2) is 9.59 Å². The van der Waals surface area contributed by atoms with E-state index < -0.39 is 12.0 Å². The second-order valence-corrected chi connectivity index (χ2v) is 9.56. The SMILES string of the molecule is CC(C)c1ccc(NC(=O)N2CC[C@H](C)[C@H]2C(=O)Nc2ccc(-c3ccc(C(=O)O)cc3)cc2)cc1. The molecule has 3 aromatic rings. The molecule has 7 nitrogen and oxygen atoms in total. The van der Waals surface area contributed by atoms with E-state index in [1.165, 1.54) is 5.56 Å². The van der Waals surface area contributed by atoms with Gasteiger partial charge in [0.1, 0.15) is 6.04 Å². The van der Waals surface area contributed by atoms with Crippen LogP contribution in [-0.2, 0) is 4.79 Å². The largest absolute Gasteiger partial charge is 0.478 e. The number of aromatic carboxylic acids is 1. The van der Waals surface area contributed by atoms with Crippen molar-refractivity contribution in [3.63, 3.8) is 0 Å². The van der Waals surface area contributed by atoms with Gasteiger partial charge in [0, 0.05) is 17.9 Å². The number of nitrogens with zero attached hydrogens (tertiary/aromatic N) is 1. The molecule has 3 aromatic carbocycles. The predicted octanol–water partition coefficient (Wildman–Crippen LogP) is 6.06. The Labute approximate surface area is 211 Å². The molecule has 0 unspecified atom stereocenters. The third kappa shape index (κ3) is 5.57. The van der Waals surface area contributed by atoms with Crippen LogP contribution >= 0.6 is 0 Å². The van der Waals surface area contributed by atoms with Crippen LogP contribution in [0.2, 0.25) is 0 Å². The molecule has 1 aliphatic rings. The molecule has 3 amide bonds. The number of benzene rings is 3. The summed E-state index contributed by atoms with van der Waals surface area (Å²) in [5.74, 6) is -0.740. The zero-order valence-electron chi connectivity index (χ0n) is 20.7. The van der Waals surface area contributed by atoms with Gasteiger partial charge in [-0.1, -0.05) is 57.2 Å². The van der Waals surface area contributed by atoms with E-state index in [1.54, 1.807) is 41.3 Å². The first-order chi connectivity index (χ1) is 17.2. The highest BCUT2D eigenvalue weighted by molar-refractivity contribution is 6.00. The molecule has 0 aromatic heterocycles. The van der Waals surface area contributed by atoms with Gasteiger partial charge in [-0.15, -0.1) is 0 Å². The average Bonchev–Trinajstić information content (AvgIpc) is 3.26. The Morgan fingerprint density at radius 2 is 1.36 bits per heavy atom. The highest BCUT2D eigenvalue weighted by Gasteiger charge is 2.39. The minimum Gasteiger partial charge on any atom is -0.478 e. The van der Waals surface area contributed by atoms with Crippen molar-refractivity contribution in [1.29, 1.82) is 0 Å². The van der Waals surface area contributed by atoms with Crippen molar-refractivity contribution in [1.82, 2.24) is 4.90 Å². The quantitative estimate of drug-likeness (QED) is 0.395. The van der Waals surface area contributed by atoms with Crippen LogP contribution in [-0.4, -0.2) is 40.5 Å². The van der Waals surface area contributed by atoms with Gasteiger partial charge in [-0.2, -0.15) is 0 Å². The minimum absolute atomic E-state index is 0.0334. The van der Waals surface area contributed by atoms with Crippen molar-refractivity contribution >= 4 is 29.3 Å². The lowest BCUT2D eigenvalue weighted by molar-refractivity contribution is -0.120. The van der Waals surface area contributed by atoms with Crippen LogP contribution < -0.4 is 10.6 Å². The van der Waals surface area contributed by atoms with Crippen molar-refractivity contribution < 1.29 is 19.5 Å².